The van der Waals surface area contributed by atoms with Gasteiger partial charge in [-0.25, -0.2) is 4.98 Å². The van der Waals surface area contributed by atoms with Gasteiger partial charge in [0.05, 0.1) is 0 Å². The number of primary amides is 1. The number of aromatic nitrogens is 3. The van der Waals surface area contributed by atoms with Crippen LogP contribution in [0.15, 0.2) is 30.5 Å². The number of H-pyrrole nitrogens is 1. The van der Waals surface area contributed by atoms with Crippen molar-refractivity contribution in [1.29, 1.82) is 0 Å². The van der Waals surface area contributed by atoms with Crippen molar-refractivity contribution in [2.24, 2.45) is 5.73 Å². The van der Waals surface area contributed by atoms with Crippen LogP contribution in [0.2, 0.25) is 0 Å². The minimum atomic E-state index is -0.542. The zero-order valence-electron chi connectivity index (χ0n) is 13.3. The van der Waals surface area contributed by atoms with E-state index in [9.17, 15) is 4.79 Å². The van der Waals surface area contributed by atoms with Gasteiger partial charge in [0.2, 0.25) is 0 Å². The molecule has 0 aliphatic carbocycles. The number of fused-ring (bicyclic) bond motifs is 1. The number of aromatic amines is 1. The summed E-state index contributed by atoms with van der Waals surface area (Å²) in [7, 11) is 1.81. The highest BCUT2D eigenvalue weighted by atomic mass is 16.1. The van der Waals surface area contributed by atoms with Crippen molar-refractivity contribution < 1.29 is 9.78 Å². The lowest BCUT2D eigenvalue weighted by atomic mass is 10.1. The lowest BCUT2D eigenvalue weighted by Crippen LogP contribution is -2.15. The highest BCUT2D eigenvalue weighted by Gasteiger charge is 2.21. The summed E-state index contributed by atoms with van der Waals surface area (Å²) in [5.41, 5.74) is 10.4. The maximum absolute atomic E-state index is 11.5. The number of carbonyl (C=O) groups is 1. The van der Waals surface area contributed by atoms with Crippen molar-refractivity contribution in [3.63, 3.8) is 0 Å². The van der Waals surface area contributed by atoms with Gasteiger partial charge in [-0.1, -0.05) is 15.7 Å². The number of aryl methyl sites for hydroxylation is 2. The van der Waals surface area contributed by atoms with Gasteiger partial charge in [0.1, 0.15) is 11.9 Å². The second kappa shape index (κ2) is 5.60. The van der Waals surface area contributed by atoms with Crippen molar-refractivity contribution in [3.05, 3.63) is 47.3 Å². The Balaban J connectivity index is 2.10. The molecular formula is C16H19N6O+. The van der Waals surface area contributed by atoms with Crippen LogP contribution in [-0.2, 0) is 0 Å². The zero-order chi connectivity index (χ0) is 16.6. The molecule has 1 aromatic carbocycles. The third-order valence-corrected chi connectivity index (χ3v) is 3.55. The topological polar surface area (TPSA) is 98.6 Å². The Labute approximate surface area is 133 Å². The second-order valence-corrected chi connectivity index (χ2v) is 5.49. The molecule has 118 valence electrons. The van der Waals surface area contributed by atoms with E-state index in [-0.39, 0.29) is 0 Å². The number of rotatable bonds is 4. The van der Waals surface area contributed by atoms with E-state index in [1.165, 1.54) is 4.52 Å². The number of amides is 1. The molecule has 3 aromatic rings. The van der Waals surface area contributed by atoms with Crippen molar-refractivity contribution in [2.75, 3.05) is 17.7 Å². The highest BCUT2D eigenvalue weighted by molar-refractivity contribution is 5.91. The lowest BCUT2D eigenvalue weighted by Gasteiger charge is -2.08. The standard InChI is InChI=1S/C16H18N6O/c1-9-4-10(2)6-11(5-9)20-14-7-12(18-3)16-19-8-13(15(17)23)22(16)21-14/h4-8,18H,1-3H3,(H2,17,23)(H,20,21)/p+1. The summed E-state index contributed by atoms with van der Waals surface area (Å²) < 4.78 is 1.50. The first-order valence-corrected chi connectivity index (χ1v) is 7.25. The Morgan fingerprint density at radius 3 is 2.52 bits per heavy atom. The van der Waals surface area contributed by atoms with Crippen LogP contribution in [-0.4, -0.2) is 22.6 Å². The average Bonchev–Trinajstić information content (AvgIpc) is 2.89. The summed E-state index contributed by atoms with van der Waals surface area (Å²) >= 11 is 0. The van der Waals surface area contributed by atoms with Gasteiger partial charge in [0.25, 0.3) is 11.6 Å². The minimum Gasteiger partial charge on any atom is -0.381 e. The largest absolute Gasteiger partial charge is 0.381 e. The van der Waals surface area contributed by atoms with Crippen LogP contribution in [0.25, 0.3) is 5.65 Å². The molecule has 3 rings (SSSR count). The monoisotopic (exact) mass is 311 g/mol. The summed E-state index contributed by atoms with van der Waals surface area (Å²) in [6, 6.07) is 8.05. The van der Waals surface area contributed by atoms with Gasteiger partial charge in [0.15, 0.2) is 5.82 Å². The molecule has 0 aliphatic heterocycles. The summed E-state index contributed by atoms with van der Waals surface area (Å²) in [6.07, 6.45) is 1.55. The molecule has 0 bridgehead atoms. The van der Waals surface area contributed by atoms with E-state index in [0.29, 0.717) is 17.2 Å². The minimum absolute atomic E-state index is 0.292. The Hall–Kier alpha value is -3.09. The fourth-order valence-electron chi connectivity index (χ4n) is 2.64. The summed E-state index contributed by atoms with van der Waals surface area (Å²) in [6.45, 7) is 4.08. The molecule has 0 fully saturated rings. The quantitative estimate of drug-likeness (QED) is 0.682. The van der Waals surface area contributed by atoms with Crippen LogP contribution in [0.3, 0.4) is 0 Å². The fraction of sp³-hybridized carbons (Fsp3) is 0.188. The molecule has 2 aromatic heterocycles. The molecule has 0 aliphatic rings. The summed E-state index contributed by atoms with van der Waals surface area (Å²) in [5, 5.41) is 10.8. The maximum Gasteiger partial charge on any atom is 0.329 e. The number of benzene rings is 1. The van der Waals surface area contributed by atoms with E-state index >= 15 is 0 Å². The number of nitrogens with one attached hydrogen (secondary N) is 3. The molecule has 0 saturated carbocycles. The number of hydrogen-bond acceptors (Lipinski definition) is 4. The van der Waals surface area contributed by atoms with Crippen LogP contribution in [0.1, 0.15) is 21.6 Å². The predicted octanol–water partition coefficient (Wildman–Crippen LogP) is 1.65. The van der Waals surface area contributed by atoms with Crippen molar-refractivity contribution >= 4 is 28.7 Å². The number of nitrogens with two attached hydrogens (primary N) is 1. The third kappa shape index (κ3) is 2.80. The fourth-order valence-corrected chi connectivity index (χ4v) is 2.64. The van der Waals surface area contributed by atoms with Crippen LogP contribution in [0.5, 0.6) is 0 Å². The van der Waals surface area contributed by atoms with Gasteiger partial charge in [0, 0.05) is 18.8 Å². The van der Waals surface area contributed by atoms with Crippen LogP contribution >= 0.6 is 0 Å². The van der Waals surface area contributed by atoms with Crippen molar-refractivity contribution in [3.8, 4) is 0 Å². The molecule has 1 amide bonds. The highest BCUT2D eigenvalue weighted by Crippen LogP contribution is 2.22. The van der Waals surface area contributed by atoms with E-state index in [2.05, 4.69) is 26.8 Å². The smallest absolute Gasteiger partial charge is 0.329 e. The molecule has 5 N–H and O–H groups in total. The number of anilines is 3. The van der Waals surface area contributed by atoms with Gasteiger partial charge in [-0.05, 0) is 37.1 Å². The molecule has 0 atom stereocenters. The maximum atomic E-state index is 11.5. The number of hydrogen-bond donors (Lipinski definition) is 3. The summed E-state index contributed by atoms with van der Waals surface area (Å²) in [5.74, 6) is 0.0679. The number of carbonyl (C=O) groups excluding carboxylic acids is 1. The first-order valence-electron chi connectivity index (χ1n) is 7.25. The van der Waals surface area contributed by atoms with Gasteiger partial charge in [-0.3, -0.25) is 4.79 Å². The average molecular weight is 311 g/mol. The van der Waals surface area contributed by atoms with Crippen molar-refractivity contribution in [2.45, 2.75) is 13.8 Å². The first-order chi connectivity index (χ1) is 11.0. The van der Waals surface area contributed by atoms with Gasteiger partial charge < -0.3 is 16.4 Å². The molecule has 0 saturated heterocycles. The number of imidazole rings is 1. The Morgan fingerprint density at radius 1 is 1.22 bits per heavy atom. The van der Waals surface area contributed by atoms with E-state index in [1.807, 2.05) is 32.0 Å². The SMILES string of the molecule is CNc1cc(Nc2cc(C)cc(C)c2)nn2c(C(N)=O)c[nH+]c12. The lowest BCUT2D eigenvalue weighted by molar-refractivity contribution is -0.343. The third-order valence-electron chi connectivity index (χ3n) is 3.55. The Bertz CT molecular complexity index is 879. The van der Waals surface area contributed by atoms with Crippen molar-refractivity contribution in [1.82, 2.24) is 9.61 Å². The molecule has 7 nitrogen and oxygen atoms in total. The Morgan fingerprint density at radius 2 is 1.91 bits per heavy atom. The van der Waals surface area contributed by atoms with Crippen LogP contribution in [0.4, 0.5) is 17.2 Å². The van der Waals surface area contributed by atoms with Gasteiger partial charge in [-0.2, -0.15) is 0 Å². The molecule has 7 heteroatoms. The molecule has 23 heavy (non-hydrogen) atoms. The van der Waals surface area contributed by atoms with Crippen LogP contribution < -0.4 is 21.4 Å². The molecule has 0 radical (unpaired) electrons. The van der Waals surface area contributed by atoms with Gasteiger partial charge >= 0.3 is 5.65 Å². The second-order valence-electron chi connectivity index (χ2n) is 5.49. The van der Waals surface area contributed by atoms with Crippen LogP contribution in [0, 0.1) is 13.8 Å². The molecule has 2 heterocycles. The number of nitrogens with zero attached hydrogens (tertiary/aromatic N) is 2. The summed E-state index contributed by atoms with van der Waals surface area (Å²) in [4.78, 5) is 14.5. The van der Waals surface area contributed by atoms with Gasteiger partial charge in [-0.15, -0.1) is 0 Å². The normalized spacial score (nSPS) is 10.7. The Kier molecular flexibility index (Phi) is 3.61. The predicted molar refractivity (Wildman–Crippen MR) is 89.0 cm³/mol. The van der Waals surface area contributed by atoms with E-state index in [1.54, 1.807) is 13.2 Å². The molecular weight excluding hydrogens is 292 g/mol. The first kappa shape index (κ1) is 14.8. The zero-order valence-corrected chi connectivity index (χ0v) is 13.3. The molecule has 0 spiro atoms. The van der Waals surface area contributed by atoms with E-state index in [0.717, 1.165) is 22.5 Å². The van der Waals surface area contributed by atoms with E-state index < -0.39 is 5.91 Å². The molecule has 0 unspecified atom stereocenters. The van der Waals surface area contributed by atoms with E-state index in [4.69, 9.17) is 5.73 Å².